The smallest absolute Gasteiger partial charge is 0.202 e. The highest BCUT2D eigenvalue weighted by molar-refractivity contribution is 6.41. The van der Waals surface area contributed by atoms with Gasteiger partial charge in [0, 0.05) is 47.8 Å². The van der Waals surface area contributed by atoms with Crippen molar-refractivity contribution >= 4 is 34.2 Å². The molecule has 0 fully saturated rings. The number of unbranched alkanes of at least 4 members (excludes halogenated alkanes) is 2. The van der Waals surface area contributed by atoms with E-state index in [4.69, 9.17) is 0 Å². The number of aromatic hydroxyl groups is 1. The van der Waals surface area contributed by atoms with Crippen molar-refractivity contribution in [1.29, 1.82) is 0 Å². The molecule has 3 aromatic rings. The lowest BCUT2D eigenvalue weighted by Gasteiger charge is -2.32. The van der Waals surface area contributed by atoms with Crippen LogP contribution in [-0.2, 0) is 9.59 Å². The number of allylic oxidation sites excluding steroid dienone is 6. The molecule has 286 valence electrons. The summed E-state index contributed by atoms with van der Waals surface area (Å²) >= 11 is 0. The topological polar surface area (TPSA) is 81.1 Å². The molecule has 2 aliphatic carbocycles. The summed E-state index contributed by atoms with van der Waals surface area (Å²) in [5, 5.41) is 22.4. The van der Waals surface area contributed by atoms with Crippen LogP contribution in [0.1, 0.15) is 84.6 Å². The molecule has 54 heavy (non-hydrogen) atoms. The van der Waals surface area contributed by atoms with Crippen LogP contribution in [0.25, 0.3) is 5.57 Å². The lowest BCUT2D eigenvalue weighted by atomic mass is 9.79. The second kappa shape index (κ2) is 17.8. The van der Waals surface area contributed by atoms with E-state index >= 15 is 17.6 Å². The predicted octanol–water partition coefficient (Wildman–Crippen LogP) is 11.2. The number of benzene rings is 3. The lowest BCUT2D eigenvalue weighted by Crippen LogP contribution is -2.32. The molecule has 3 aromatic carbocycles. The Bertz CT molecular complexity index is 1980. The molecule has 0 aliphatic heterocycles. The van der Waals surface area contributed by atoms with Gasteiger partial charge in [-0.3, -0.25) is 9.59 Å². The zero-order valence-corrected chi connectivity index (χ0v) is 31.3. The summed E-state index contributed by atoms with van der Waals surface area (Å²) in [5.74, 6) is -5.13. The lowest BCUT2D eigenvalue weighted by molar-refractivity contribution is -0.114. The molecule has 2 aliphatic rings. The van der Waals surface area contributed by atoms with E-state index in [9.17, 15) is 19.8 Å². The molecule has 2 N–H and O–H groups in total. The third-order valence-electron chi connectivity index (χ3n) is 10.4. The Hall–Kier alpha value is -5.12. The van der Waals surface area contributed by atoms with E-state index in [2.05, 4.69) is 13.8 Å². The highest BCUT2D eigenvalue weighted by Gasteiger charge is 2.40. The van der Waals surface area contributed by atoms with E-state index < -0.39 is 46.3 Å². The van der Waals surface area contributed by atoms with E-state index in [0.717, 1.165) is 63.5 Å². The number of anilines is 3. The van der Waals surface area contributed by atoms with Gasteiger partial charge in [0.25, 0.3) is 0 Å². The Morgan fingerprint density at radius 1 is 0.667 bits per heavy atom. The largest absolute Gasteiger partial charge is 0.507 e. The maximum atomic E-state index is 15.1. The highest BCUT2D eigenvalue weighted by Crippen LogP contribution is 2.44. The number of nitrogens with zero attached hydrogens (tertiary/aromatic N) is 2. The van der Waals surface area contributed by atoms with Crippen molar-refractivity contribution in [2.45, 2.75) is 79.1 Å². The Balaban J connectivity index is 1.47. The number of rotatable bonds is 17. The monoisotopic (exact) mass is 744 g/mol. The molecular formula is C44H48F4N2O4. The van der Waals surface area contributed by atoms with Gasteiger partial charge in [0.1, 0.15) is 46.2 Å². The summed E-state index contributed by atoms with van der Waals surface area (Å²) < 4.78 is 60.4. The van der Waals surface area contributed by atoms with Gasteiger partial charge in [-0.1, -0.05) is 78.4 Å². The summed E-state index contributed by atoms with van der Waals surface area (Å²) in [6.07, 6.45) is 11.1. The van der Waals surface area contributed by atoms with E-state index in [1.165, 1.54) is 70.5 Å². The molecule has 0 aromatic heterocycles. The quantitative estimate of drug-likeness (QED) is 0.106. The average Bonchev–Trinajstić information content (AvgIpc) is 3.15. The molecule has 5 rings (SSSR count). The number of aliphatic hydroxyl groups is 1. The predicted molar refractivity (Wildman–Crippen MR) is 206 cm³/mol. The van der Waals surface area contributed by atoms with Gasteiger partial charge in [-0.25, -0.2) is 17.6 Å². The second-order valence-electron chi connectivity index (χ2n) is 14.0. The number of hydrogen-bond donors (Lipinski definition) is 2. The number of phenolic OH excluding ortho intramolecular Hbond substituents is 1. The molecule has 0 saturated heterocycles. The Labute approximate surface area is 314 Å². The minimum Gasteiger partial charge on any atom is -0.507 e. The number of carbonyl (C=O) groups excluding carboxylic acids is 2. The Kier molecular flexibility index (Phi) is 13.2. The number of Topliss-reactive ketones (excluding diaryl/α,β-unsaturated/α-hetero) is 1. The van der Waals surface area contributed by atoms with Crippen LogP contribution in [0.5, 0.6) is 5.75 Å². The summed E-state index contributed by atoms with van der Waals surface area (Å²) in [6.45, 7) is 8.69. The molecule has 2 unspecified atom stereocenters. The van der Waals surface area contributed by atoms with Gasteiger partial charge in [0.2, 0.25) is 5.78 Å². The van der Waals surface area contributed by atoms with Crippen molar-refractivity contribution in [1.82, 2.24) is 0 Å². The zero-order chi connectivity index (χ0) is 39.1. The Morgan fingerprint density at radius 2 is 1.19 bits per heavy atom. The van der Waals surface area contributed by atoms with Gasteiger partial charge in [-0.15, -0.1) is 0 Å². The van der Waals surface area contributed by atoms with Crippen molar-refractivity contribution in [3.05, 3.63) is 124 Å². The normalized spacial score (nSPS) is 16.7. The molecule has 10 heteroatoms. The van der Waals surface area contributed by atoms with Gasteiger partial charge in [0.05, 0.1) is 11.1 Å². The average molecular weight is 745 g/mol. The molecule has 2 atom stereocenters. The van der Waals surface area contributed by atoms with Gasteiger partial charge in [0.15, 0.2) is 5.78 Å². The molecule has 0 amide bonds. The fourth-order valence-electron chi connectivity index (χ4n) is 7.18. The number of hydrogen-bond acceptors (Lipinski definition) is 6. The summed E-state index contributed by atoms with van der Waals surface area (Å²) in [6, 6.07) is 11.4. The fourth-order valence-corrected chi connectivity index (χ4v) is 7.18. The number of halogens is 4. The Morgan fingerprint density at radius 3 is 1.65 bits per heavy atom. The molecule has 0 saturated carbocycles. The van der Waals surface area contributed by atoms with Crippen LogP contribution in [0, 0.1) is 35.1 Å². The second-order valence-corrected chi connectivity index (χ2v) is 14.0. The van der Waals surface area contributed by atoms with Crippen molar-refractivity contribution in [3.63, 3.8) is 0 Å². The first-order valence-corrected chi connectivity index (χ1v) is 18.9. The van der Waals surface area contributed by atoms with E-state index in [1.54, 1.807) is 0 Å². The molecule has 0 radical (unpaired) electrons. The first-order chi connectivity index (χ1) is 25.9. The number of aliphatic hydroxyl groups excluding tert-OH is 1. The van der Waals surface area contributed by atoms with Crippen LogP contribution >= 0.6 is 0 Å². The first-order valence-electron chi connectivity index (χ1n) is 18.9. The highest BCUT2D eigenvalue weighted by atomic mass is 19.1. The molecular weight excluding hydrogens is 696 g/mol. The molecule has 6 nitrogen and oxygen atoms in total. The van der Waals surface area contributed by atoms with Crippen LogP contribution in [-0.4, -0.2) is 34.9 Å². The maximum Gasteiger partial charge on any atom is 0.202 e. The minimum absolute atomic E-state index is 0.0139. The maximum absolute atomic E-state index is 15.1. The van der Waals surface area contributed by atoms with Gasteiger partial charge < -0.3 is 20.0 Å². The third kappa shape index (κ3) is 8.32. The fraction of sp³-hybridized carbons (Fsp3) is 0.364. The minimum atomic E-state index is -0.778. The van der Waals surface area contributed by atoms with E-state index in [0.29, 0.717) is 5.69 Å². The van der Waals surface area contributed by atoms with E-state index in [-0.39, 0.29) is 64.3 Å². The van der Waals surface area contributed by atoms with Gasteiger partial charge in [-0.2, -0.15) is 0 Å². The van der Waals surface area contributed by atoms with Crippen LogP contribution in [0.3, 0.4) is 0 Å². The summed E-state index contributed by atoms with van der Waals surface area (Å²) in [5.41, 5.74) is -0.592. The van der Waals surface area contributed by atoms with Crippen molar-refractivity contribution in [2.75, 3.05) is 22.9 Å². The van der Waals surface area contributed by atoms with Crippen LogP contribution in [0.4, 0.5) is 34.6 Å². The number of ketones is 2. The first kappa shape index (κ1) is 40.1. The number of para-hydroxylation sites is 2. The van der Waals surface area contributed by atoms with Crippen molar-refractivity contribution < 1.29 is 37.4 Å². The molecule has 0 heterocycles. The third-order valence-corrected chi connectivity index (χ3v) is 10.4. The zero-order valence-electron chi connectivity index (χ0n) is 31.3. The van der Waals surface area contributed by atoms with Crippen LogP contribution in [0.15, 0.2) is 95.4 Å². The van der Waals surface area contributed by atoms with Crippen LogP contribution in [0.2, 0.25) is 0 Å². The molecule has 0 spiro atoms. The van der Waals surface area contributed by atoms with Crippen molar-refractivity contribution in [3.8, 4) is 5.75 Å². The summed E-state index contributed by atoms with van der Waals surface area (Å²) in [4.78, 5) is 30.1. The van der Waals surface area contributed by atoms with Crippen LogP contribution < -0.4 is 9.80 Å². The standard InChI is InChI=1S/C44H48F4N2O4/c1-5-9-13-27(7-3)25-49(41-33(45)15-11-16-34(41)46)29-19-21-31(37(51)23-29)39-43(53)40(44(39)54)32-22-20-30(24-38(32)52)50(26-28(8-4)14-10-6-2)42-35(47)17-12-18-36(42)48/h11-12,15-24,27-28,51,53H,5-10,13-14,25-26H2,1-4H3. The SMILES string of the molecule is CCCCC(CC)CN(C1=CC(=O)C(=C2C(=O)C(c3ccc(N(CC(CC)CCCC)c4c(F)cccc4F)cc3O)=C2O)C=C1)c1c(F)cccc1F. The molecule has 0 bridgehead atoms. The number of carbonyl (C=O) groups is 2. The summed E-state index contributed by atoms with van der Waals surface area (Å²) in [7, 11) is 0. The van der Waals surface area contributed by atoms with Gasteiger partial charge in [-0.05, 0) is 73.2 Å². The van der Waals surface area contributed by atoms with Crippen molar-refractivity contribution in [2.24, 2.45) is 11.8 Å². The van der Waals surface area contributed by atoms with E-state index in [1.807, 2.05) is 13.8 Å². The number of phenols is 1. The van der Waals surface area contributed by atoms with Gasteiger partial charge >= 0.3 is 0 Å².